The normalized spacial score (nSPS) is 19.8. The lowest BCUT2D eigenvalue weighted by Gasteiger charge is -2.35. The number of fused-ring (bicyclic) bond motifs is 1. The van der Waals surface area contributed by atoms with Crippen LogP contribution in [-0.4, -0.2) is 48.5 Å². The zero-order valence-electron chi connectivity index (χ0n) is 20.9. The summed E-state index contributed by atoms with van der Waals surface area (Å²) in [6, 6.07) is 11.3. The van der Waals surface area contributed by atoms with Gasteiger partial charge in [0.1, 0.15) is 0 Å². The zero-order chi connectivity index (χ0) is 26.8. The summed E-state index contributed by atoms with van der Waals surface area (Å²) in [6.45, 7) is 2.36. The van der Waals surface area contributed by atoms with Crippen LogP contribution in [0.4, 0.5) is 18.9 Å². The van der Waals surface area contributed by atoms with Gasteiger partial charge in [-0.3, -0.25) is 0 Å². The second kappa shape index (κ2) is 11.1. The number of aromatic amines is 1. The highest BCUT2D eigenvalue weighted by Crippen LogP contribution is 2.35. The second-order valence-corrected chi connectivity index (χ2v) is 11.9. The van der Waals surface area contributed by atoms with Crippen LogP contribution in [0.3, 0.4) is 0 Å². The summed E-state index contributed by atoms with van der Waals surface area (Å²) in [5.74, 6) is 0.510. The Morgan fingerprint density at radius 1 is 1.03 bits per heavy atom. The minimum absolute atomic E-state index is 0.132. The Bertz CT molecular complexity index is 1310. The predicted molar refractivity (Wildman–Crippen MR) is 137 cm³/mol. The first-order valence-corrected chi connectivity index (χ1v) is 14.2. The van der Waals surface area contributed by atoms with Gasteiger partial charge >= 0.3 is 6.18 Å². The molecule has 2 aliphatic heterocycles. The molecule has 0 saturated carbocycles. The Hall–Kier alpha value is -2.89. The molecule has 1 atom stereocenters. The van der Waals surface area contributed by atoms with Crippen molar-refractivity contribution in [2.45, 2.75) is 55.9 Å². The van der Waals surface area contributed by atoms with Gasteiger partial charge in [-0.15, -0.1) is 0 Å². The van der Waals surface area contributed by atoms with Gasteiger partial charge in [-0.1, -0.05) is 18.2 Å². The molecule has 1 unspecified atom stereocenters. The summed E-state index contributed by atoms with van der Waals surface area (Å²) >= 11 is 0. The van der Waals surface area contributed by atoms with E-state index >= 15 is 0 Å². The first kappa shape index (κ1) is 26.7. The van der Waals surface area contributed by atoms with Crippen molar-refractivity contribution in [3.05, 3.63) is 77.9 Å². The van der Waals surface area contributed by atoms with E-state index in [1.54, 1.807) is 12.5 Å². The van der Waals surface area contributed by atoms with E-state index in [4.69, 9.17) is 4.74 Å². The standard InChI is InChI=1S/C27H31F3N4O3S/c28-27(29,30)22-6-9-25(10-7-22)38(35,36)33-16-21-3-1-2-4-26(21)34(17-23-15-31-19-32-23)24(18-33)8-5-20-11-13-37-14-12-20/h1-4,6-7,9-10,15,19-20,24H,5,8,11-14,16-18H2,(H,31,32). The van der Waals surface area contributed by atoms with Crippen LogP contribution in [0.2, 0.25) is 0 Å². The number of hydrogen-bond acceptors (Lipinski definition) is 5. The van der Waals surface area contributed by atoms with Crippen LogP contribution < -0.4 is 4.90 Å². The number of hydrogen-bond donors (Lipinski definition) is 1. The van der Waals surface area contributed by atoms with Crippen molar-refractivity contribution in [3.8, 4) is 0 Å². The Labute approximate surface area is 220 Å². The number of H-pyrrole nitrogens is 1. The van der Waals surface area contributed by atoms with Crippen LogP contribution in [0.1, 0.15) is 42.5 Å². The molecule has 1 aromatic heterocycles. The van der Waals surface area contributed by atoms with E-state index in [0.29, 0.717) is 12.5 Å². The number of para-hydroxylation sites is 1. The quantitative estimate of drug-likeness (QED) is 0.438. The summed E-state index contributed by atoms with van der Waals surface area (Å²) in [4.78, 5) is 9.40. The molecular formula is C27H31F3N4O3S. The Morgan fingerprint density at radius 3 is 2.45 bits per heavy atom. The average Bonchev–Trinajstić information content (AvgIpc) is 3.37. The Balaban J connectivity index is 1.48. The van der Waals surface area contributed by atoms with E-state index in [-0.39, 0.29) is 24.0 Å². The van der Waals surface area contributed by atoms with Gasteiger partial charge in [-0.05, 0) is 67.5 Å². The molecule has 0 bridgehead atoms. The molecule has 0 radical (unpaired) electrons. The highest BCUT2D eigenvalue weighted by atomic mass is 32.2. The van der Waals surface area contributed by atoms with Crippen LogP contribution in [-0.2, 0) is 34.0 Å². The maximum atomic E-state index is 13.8. The molecule has 38 heavy (non-hydrogen) atoms. The predicted octanol–water partition coefficient (Wildman–Crippen LogP) is 5.22. The highest BCUT2D eigenvalue weighted by Gasteiger charge is 2.36. The van der Waals surface area contributed by atoms with Crippen LogP contribution in [0.15, 0.2) is 66.0 Å². The fourth-order valence-corrected chi connectivity index (χ4v) is 6.79. The van der Waals surface area contributed by atoms with Crippen molar-refractivity contribution in [2.24, 2.45) is 5.92 Å². The third-order valence-corrected chi connectivity index (χ3v) is 9.29. The molecule has 204 valence electrons. The Morgan fingerprint density at radius 2 is 1.76 bits per heavy atom. The number of rotatable bonds is 7. The van der Waals surface area contributed by atoms with Crippen molar-refractivity contribution < 1.29 is 26.3 Å². The van der Waals surface area contributed by atoms with E-state index in [9.17, 15) is 21.6 Å². The van der Waals surface area contributed by atoms with Crippen molar-refractivity contribution in [1.82, 2.24) is 14.3 Å². The topological polar surface area (TPSA) is 78.5 Å². The summed E-state index contributed by atoms with van der Waals surface area (Å²) in [7, 11) is -4.05. The summed E-state index contributed by atoms with van der Waals surface area (Å²) in [5, 5.41) is 0. The second-order valence-electron chi connectivity index (χ2n) is 9.94. The first-order valence-electron chi connectivity index (χ1n) is 12.8. The van der Waals surface area contributed by atoms with Crippen molar-refractivity contribution in [3.63, 3.8) is 0 Å². The van der Waals surface area contributed by atoms with Gasteiger partial charge < -0.3 is 14.6 Å². The number of anilines is 1. The van der Waals surface area contributed by atoms with E-state index in [0.717, 1.165) is 80.1 Å². The zero-order valence-corrected chi connectivity index (χ0v) is 21.7. The van der Waals surface area contributed by atoms with Gasteiger partial charge in [0, 0.05) is 44.2 Å². The fourth-order valence-electron chi connectivity index (χ4n) is 5.34. The van der Waals surface area contributed by atoms with Gasteiger partial charge in [0.2, 0.25) is 10.0 Å². The summed E-state index contributed by atoms with van der Waals surface area (Å²) < 4.78 is 73.8. The number of nitrogens with one attached hydrogen (secondary N) is 1. The molecule has 2 aliphatic rings. The third-order valence-electron chi connectivity index (χ3n) is 7.47. The fraction of sp³-hybridized carbons (Fsp3) is 0.444. The van der Waals surface area contributed by atoms with E-state index in [1.165, 1.54) is 4.31 Å². The summed E-state index contributed by atoms with van der Waals surface area (Å²) in [6.07, 6.45) is 2.52. The lowest BCUT2D eigenvalue weighted by molar-refractivity contribution is -0.137. The smallest absolute Gasteiger partial charge is 0.381 e. The van der Waals surface area contributed by atoms with Crippen LogP contribution in [0.25, 0.3) is 0 Å². The maximum Gasteiger partial charge on any atom is 0.416 e. The summed E-state index contributed by atoms with van der Waals surface area (Å²) in [5.41, 5.74) is 1.83. The maximum absolute atomic E-state index is 13.8. The number of benzene rings is 2. The highest BCUT2D eigenvalue weighted by molar-refractivity contribution is 7.89. The average molecular weight is 549 g/mol. The number of sulfonamides is 1. The van der Waals surface area contributed by atoms with Gasteiger partial charge in [-0.2, -0.15) is 17.5 Å². The molecule has 1 saturated heterocycles. The SMILES string of the molecule is O=S(=O)(c1ccc(C(F)(F)F)cc1)N1Cc2ccccc2N(Cc2cnc[nH]2)C(CCC2CCOCC2)C1. The van der Waals surface area contributed by atoms with E-state index < -0.39 is 21.8 Å². The number of ether oxygens (including phenoxy) is 1. The molecule has 0 aliphatic carbocycles. The minimum atomic E-state index is -4.54. The van der Waals surface area contributed by atoms with Crippen LogP contribution in [0, 0.1) is 5.92 Å². The van der Waals surface area contributed by atoms with Crippen LogP contribution >= 0.6 is 0 Å². The van der Waals surface area contributed by atoms with Gasteiger partial charge in [0.05, 0.1) is 29.0 Å². The number of alkyl halides is 3. The molecule has 3 aromatic rings. The van der Waals surface area contributed by atoms with Gasteiger partial charge in [-0.25, -0.2) is 13.4 Å². The van der Waals surface area contributed by atoms with Gasteiger partial charge in [0.25, 0.3) is 0 Å². The molecule has 11 heteroatoms. The largest absolute Gasteiger partial charge is 0.416 e. The van der Waals surface area contributed by atoms with Crippen molar-refractivity contribution in [1.29, 1.82) is 0 Å². The molecule has 3 heterocycles. The number of halogens is 3. The molecule has 2 aromatic carbocycles. The molecule has 0 amide bonds. The van der Waals surface area contributed by atoms with Crippen molar-refractivity contribution in [2.75, 3.05) is 24.7 Å². The van der Waals surface area contributed by atoms with Crippen molar-refractivity contribution >= 4 is 15.7 Å². The molecular weight excluding hydrogens is 517 g/mol. The van der Waals surface area contributed by atoms with E-state index in [2.05, 4.69) is 14.9 Å². The lowest BCUT2D eigenvalue weighted by Crippen LogP contribution is -2.43. The number of imidazole rings is 1. The number of aromatic nitrogens is 2. The first-order chi connectivity index (χ1) is 18.2. The van der Waals surface area contributed by atoms with Crippen LogP contribution in [0.5, 0.6) is 0 Å². The van der Waals surface area contributed by atoms with E-state index in [1.807, 2.05) is 24.3 Å². The Kier molecular flexibility index (Phi) is 7.78. The molecule has 0 spiro atoms. The molecule has 7 nitrogen and oxygen atoms in total. The third kappa shape index (κ3) is 5.89. The molecule has 1 N–H and O–H groups in total. The van der Waals surface area contributed by atoms with Gasteiger partial charge in [0.15, 0.2) is 0 Å². The monoisotopic (exact) mass is 548 g/mol. The minimum Gasteiger partial charge on any atom is -0.381 e. The number of nitrogens with zero attached hydrogens (tertiary/aromatic N) is 3. The molecule has 1 fully saturated rings. The molecule has 5 rings (SSSR count). The lowest BCUT2D eigenvalue weighted by atomic mass is 9.92.